The molecule has 150 valence electrons. The second-order valence-corrected chi connectivity index (χ2v) is 6.53. The zero-order valence-corrected chi connectivity index (χ0v) is 16.8. The first kappa shape index (κ1) is 22.4. The van der Waals surface area contributed by atoms with Gasteiger partial charge in [0.05, 0.1) is 26.7 Å². The number of nitrogens with zero attached hydrogens (tertiary/aromatic N) is 3. The maximum atomic E-state index is 12.4. The Bertz CT molecular complexity index is 648. The SMILES string of the molecule is CCCN(CC(=O)N(C)C)CC(=O)N(C)CC(=O)Nc1cccc(OC)c1. The zero-order valence-electron chi connectivity index (χ0n) is 16.8. The number of hydrogen-bond acceptors (Lipinski definition) is 5. The Hall–Kier alpha value is -2.61. The summed E-state index contributed by atoms with van der Waals surface area (Å²) >= 11 is 0. The van der Waals surface area contributed by atoms with Gasteiger partial charge in [0, 0.05) is 32.9 Å². The van der Waals surface area contributed by atoms with Gasteiger partial charge < -0.3 is 19.9 Å². The molecule has 0 bridgehead atoms. The van der Waals surface area contributed by atoms with Crippen LogP contribution in [0, 0.1) is 0 Å². The third-order valence-corrected chi connectivity index (χ3v) is 3.92. The minimum absolute atomic E-state index is 0.0605. The van der Waals surface area contributed by atoms with Crippen LogP contribution in [0.25, 0.3) is 0 Å². The lowest BCUT2D eigenvalue weighted by atomic mass is 10.3. The fraction of sp³-hybridized carbons (Fsp3) is 0.526. The van der Waals surface area contributed by atoms with Gasteiger partial charge in [-0.3, -0.25) is 19.3 Å². The average Bonchev–Trinajstić information content (AvgIpc) is 2.61. The number of ether oxygens (including phenoxy) is 1. The molecule has 0 saturated heterocycles. The normalized spacial score (nSPS) is 10.4. The van der Waals surface area contributed by atoms with E-state index in [9.17, 15) is 14.4 Å². The van der Waals surface area contributed by atoms with Crippen LogP contribution in [0.5, 0.6) is 5.75 Å². The van der Waals surface area contributed by atoms with E-state index in [2.05, 4.69) is 5.32 Å². The van der Waals surface area contributed by atoms with Crippen molar-refractivity contribution >= 4 is 23.4 Å². The molecule has 0 aliphatic carbocycles. The summed E-state index contributed by atoms with van der Waals surface area (Å²) in [6.07, 6.45) is 0.827. The first-order valence-corrected chi connectivity index (χ1v) is 8.87. The van der Waals surface area contributed by atoms with Gasteiger partial charge in [0.1, 0.15) is 5.75 Å². The molecular weight excluding hydrogens is 348 g/mol. The summed E-state index contributed by atoms with van der Waals surface area (Å²) in [7, 11) is 6.49. The van der Waals surface area contributed by atoms with Crippen LogP contribution in [-0.2, 0) is 14.4 Å². The van der Waals surface area contributed by atoms with Crippen LogP contribution in [-0.4, -0.2) is 86.9 Å². The van der Waals surface area contributed by atoms with Crippen LogP contribution in [0.3, 0.4) is 0 Å². The van der Waals surface area contributed by atoms with Crippen LogP contribution >= 0.6 is 0 Å². The number of carbonyl (C=O) groups excluding carboxylic acids is 3. The topological polar surface area (TPSA) is 82.2 Å². The molecule has 1 aromatic rings. The molecule has 0 spiro atoms. The molecule has 0 aliphatic heterocycles. The highest BCUT2D eigenvalue weighted by Gasteiger charge is 2.19. The van der Waals surface area contributed by atoms with Gasteiger partial charge in [-0.1, -0.05) is 13.0 Å². The summed E-state index contributed by atoms with van der Waals surface area (Å²) in [6, 6.07) is 7.00. The van der Waals surface area contributed by atoms with Gasteiger partial charge in [-0.05, 0) is 25.1 Å². The summed E-state index contributed by atoms with van der Waals surface area (Å²) in [6.45, 7) is 2.82. The lowest BCUT2D eigenvalue weighted by Gasteiger charge is -2.25. The van der Waals surface area contributed by atoms with Gasteiger partial charge in [0.2, 0.25) is 17.7 Å². The quantitative estimate of drug-likeness (QED) is 0.654. The highest BCUT2D eigenvalue weighted by Crippen LogP contribution is 2.16. The number of hydrogen-bond donors (Lipinski definition) is 1. The summed E-state index contributed by atoms with van der Waals surface area (Å²) in [5.41, 5.74) is 0.601. The molecule has 0 aliphatic rings. The Morgan fingerprint density at radius 3 is 2.30 bits per heavy atom. The molecule has 3 amide bonds. The van der Waals surface area contributed by atoms with E-state index in [-0.39, 0.29) is 37.4 Å². The van der Waals surface area contributed by atoms with E-state index in [0.29, 0.717) is 18.0 Å². The van der Waals surface area contributed by atoms with Crippen LogP contribution < -0.4 is 10.1 Å². The molecule has 27 heavy (non-hydrogen) atoms. The van der Waals surface area contributed by atoms with Crippen molar-refractivity contribution in [1.82, 2.24) is 14.7 Å². The van der Waals surface area contributed by atoms with Gasteiger partial charge in [-0.25, -0.2) is 0 Å². The molecule has 8 heteroatoms. The molecule has 0 unspecified atom stereocenters. The Morgan fingerprint density at radius 2 is 1.70 bits per heavy atom. The zero-order chi connectivity index (χ0) is 20.4. The van der Waals surface area contributed by atoms with E-state index in [1.165, 1.54) is 9.80 Å². The molecule has 1 aromatic carbocycles. The number of likely N-dealkylation sites (N-methyl/N-ethyl adjacent to an activating group) is 2. The van der Waals surface area contributed by atoms with E-state index in [1.807, 2.05) is 6.92 Å². The molecule has 0 radical (unpaired) electrons. The van der Waals surface area contributed by atoms with E-state index in [0.717, 1.165) is 6.42 Å². The standard InChI is InChI=1S/C19H30N4O4/c1-6-10-23(13-18(25)21(2)3)14-19(26)22(4)12-17(24)20-15-8-7-9-16(11-15)27-5/h7-9,11H,6,10,12-14H2,1-5H3,(H,20,24). The van der Waals surface area contributed by atoms with Gasteiger partial charge >= 0.3 is 0 Å². The van der Waals surface area contributed by atoms with Crippen molar-refractivity contribution in [1.29, 1.82) is 0 Å². The molecule has 1 N–H and O–H groups in total. The third-order valence-electron chi connectivity index (χ3n) is 3.92. The van der Waals surface area contributed by atoms with Gasteiger partial charge in [-0.15, -0.1) is 0 Å². The van der Waals surface area contributed by atoms with Crippen LogP contribution in [0.1, 0.15) is 13.3 Å². The van der Waals surface area contributed by atoms with Crippen molar-refractivity contribution in [2.24, 2.45) is 0 Å². The first-order chi connectivity index (χ1) is 12.8. The highest BCUT2D eigenvalue weighted by molar-refractivity contribution is 5.94. The lowest BCUT2D eigenvalue weighted by Crippen LogP contribution is -2.45. The Labute approximate surface area is 161 Å². The smallest absolute Gasteiger partial charge is 0.243 e. The van der Waals surface area contributed by atoms with Crippen molar-refractivity contribution < 1.29 is 19.1 Å². The van der Waals surface area contributed by atoms with Crippen molar-refractivity contribution in [2.75, 3.05) is 59.7 Å². The van der Waals surface area contributed by atoms with Crippen LogP contribution in [0.2, 0.25) is 0 Å². The minimum atomic E-state index is -0.300. The highest BCUT2D eigenvalue weighted by atomic mass is 16.5. The van der Waals surface area contributed by atoms with Crippen molar-refractivity contribution in [3.05, 3.63) is 24.3 Å². The number of carbonyl (C=O) groups is 3. The Kier molecular flexibility index (Phi) is 9.29. The van der Waals surface area contributed by atoms with E-state index < -0.39 is 0 Å². The summed E-state index contributed by atoms with van der Waals surface area (Å²) in [5, 5.41) is 2.74. The Morgan fingerprint density at radius 1 is 1.04 bits per heavy atom. The predicted molar refractivity (Wildman–Crippen MR) is 105 cm³/mol. The molecule has 0 saturated carbocycles. The first-order valence-electron chi connectivity index (χ1n) is 8.87. The number of methoxy groups -OCH3 is 1. The maximum absolute atomic E-state index is 12.4. The van der Waals surface area contributed by atoms with E-state index in [1.54, 1.807) is 57.4 Å². The van der Waals surface area contributed by atoms with E-state index >= 15 is 0 Å². The number of anilines is 1. The molecule has 0 aromatic heterocycles. The molecule has 8 nitrogen and oxygen atoms in total. The Balaban J connectivity index is 2.57. The number of amides is 3. The van der Waals surface area contributed by atoms with Gasteiger partial charge in [0.15, 0.2) is 0 Å². The van der Waals surface area contributed by atoms with E-state index in [4.69, 9.17) is 4.74 Å². The minimum Gasteiger partial charge on any atom is -0.497 e. The molecule has 0 heterocycles. The van der Waals surface area contributed by atoms with Crippen molar-refractivity contribution in [2.45, 2.75) is 13.3 Å². The fourth-order valence-electron chi connectivity index (χ4n) is 2.38. The van der Waals surface area contributed by atoms with Crippen molar-refractivity contribution in [3.63, 3.8) is 0 Å². The second-order valence-electron chi connectivity index (χ2n) is 6.53. The third kappa shape index (κ3) is 8.08. The second kappa shape index (κ2) is 11.2. The monoisotopic (exact) mass is 378 g/mol. The number of rotatable bonds is 10. The molecule has 0 atom stereocenters. The van der Waals surface area contributed by atoms with Crippen molar-refractivity contribution in [3.8, 4) is 5.75 Å². The summed E-state index contributed by atoms with van der Waals surface area (Å²) in [4.78, 5) is 41.2. The largest absolute Gasteiger partial charge is 0.497 e. The molecule has 1 rings (SSSR count). The van der Waals surface area contributed by atoms with Crippen LogP contribution in [0.4, 0.5) is 5.69 Å². The summed E-state index contributed by atoms with van der Waals surface area (Å²) in [5.74, 6) is 0.0639. The molecular formula is C19H30N4O4. The average molecular weight is 378 g/mol. The van der Waals surface area contributed by atoms with Gasteiger partial charge in [-0.2, -0.15) is 0 Å². The van der Waals surface area contributed by atoms with Gasteiger partial charge in [0.25, 0.3) is 0 Å². The lowest BCUT2D eigenvalue weighted by molar-refractivity contribution is -0.136. The van der Waals surface area contributed by atoms with Crippen LogP contribution in [0.15, 0.2) is 24.3 Å². The predicted octanol–water partition coefficient (Wildman–Crippen LogP) is 0.892. The number of benzene rings is 1. The number of nitrogens with one attached hydrogen (secondary N) is 1. The summed E-state index contributed by atoms with van der Waals surface area (Å²) < 4.78 is 5.12. The maximum Gasteiger partial charge on any atom is 0.243 e. The molecule has 0 fully saturated rings. The fourth-order valence-corrected chi connectivity index (χ4v) is 2.38.